The van der Waals surface area contributed by atoms with Gasteiger partial charge in [0.15, 0.2) is 0 Å². The summed E-state index contributed by atoms with van der Waals surface area (Å²) in [6.45, 7) is 4.17. The van der Waals surface area contributed by atoms with Crippen LogP contribution in [0.15, 0.2) is 64.5 Å². The Morgan fingerprint density at radius 2 is 2.04 bits per heavy atom. The highest BCUT2D eigenvalue weighted by Crippen LogP contribution is 2.13. The van der Waals surface area contributed by atoms with Crippen LogP contribution in [0.4, 0.5) is 5.69 Å². The van der Waals surface area contributed by atoms with Gasteiger partial charge in [-0.05, 0) is 55.8 Å². The van der Waals surface area contributed by atoms with Crippen LogP contribution in [0.3, 0.4) is 0 Å². The Bertz CT molecular complexity index is 801. The smallest absolute Gasteiger partial charge is 0.251 e. The average Bonchev–Trinajstić information content (AvgIpc) is 3.03. The zero-order valence-corrected chi connectivity index (χ0v) is 14.5. The van der Waals surface area contributed by atoms with Gasteiger partial charge in [-0.3, -0.25) is 4.79 Å². The number of allylic oxidation sites excluding steroid dienone is 3. The highest BCUT2D eigenvalue weighted by molar-refractivity contribution is 5.95. The van der Waals surface area contributed by atoms with Gasteiger partial charge in [0.2, 0.25) is 0 Å². The number of aryl methyl sites for hydroxylation is 1. The van der Waals surface area contributed by atoms with E-state index < -0.39 is 0 Å². The number of hydrogen-bond acceptors (Lipinski definition) is 5. The molecule has 0 bridgehead atoms. The predicted octanol–water partition coefficient (Wildman–Crippen LogP) is 3.47. The van der Waals surface area contributed by atoms with Gasteiger partial charge in [-0.1, -0.05) is 13.0 Å². The molecule has 25 heavy (non-hydrogen) atoms. The Hall–Kier alpha value is -3.15. The van der Waals surface area contributed by atoms with Crippen molar-refractivity contribution < 1.29 is 12.1 Å². The highest BCUT2D eigenvalue weighted by Gasteiger charge is 2.07. The standard InChI is InChI=1S/C19H24N4O2.2H2/c1-3-15(20)8-10-18(21)23-16-6-4-5-14(11-16)19(24)22-12-17-9-7-13(2)25-17;;/h4-11,23H,3,12,20-21H2,1-2H3,(H,22,24);2*1H/b15-8-,18-10+;;. The molecule has 0 aliphatic heterocycles. The summed E-state index contributed by atoms with van der Waals surface area (Å²) in [6, 6.07) is 10.8. The molecule has 0 spiro atoms. The lowest BCUT2D eigenvalue weighted by molar-refractivity contribution is 0.0948. The van der Waals surface area contributed by atoms with E-state index in [4.69, 9.17) is 15.9 Å². The van der Waals surface area contributed by atoms with Crippen LogP contribution in [0.25, 0.3) is 0 Å². The molecule has 1 amide bonds. The molecule has 0 atom stereocenters. The van der Waals surface area contributed by atoms with E-state index in [0.717, 1.165) is 23.6 Å². The highest BCUT2D eigenvalue weighted by atomic mass is 16.3. The lowest BCUT2D eigenvalue weighted by Crippen LogP contribution is -2.22. The molecule has 0 unspecified atom stereocenters. The van der Waals surface area contributed by atoms with Gasteiger partial charge in [-0.15, -0.1) is 0 Å². The van der Waals surface area contributed by atoms with Gasteiger partial charge in [0.1, 0.15) is 17.3 Å². The number of nitrogens with one attached hydrogen (secondary N) is 2. The second-order valence-corrected chi connectivity index (χ2v) is 5.62. The third-order valence-corrected chi connectivity index (χ3v) is 3.52. The molecule has 2 aromatic rings. The van der Waals surface area contributed by atoms with E-state index in [1.54, 1.807) is 30.4 Å². The van der Waals surface area contributed by atoms with Crippen LogP contribution in [0.5, 0.6) is 0 Å². The number of furan rings is 1. The van der Waals surface area contributed by atoms with E-state index in [9.17, 15) is 4.79 Å². The second-order valence-electron chi connectivity index (χ2n) is 5.62. The third kappa shape index (κ3) is 5.76. The van der Waals surface area contributed by atoms with Crippen molar-refractivity contribution in [3.63, 3.8) is 0 Å². The molecular weight excluding hydrogens is 316 g/mol. The fraction of sp³-hybridized carbons (Fsp3) is 0.211. The first kappa shape index (κ1) is 18.2. The molecule has 2 rings (SSSR count). The lowest BCUT2D eigenvalue weighted by atomic mass is 10.2. The minimum Gasteiger partial charge on any atom is -0.465 e. The minimum atomic E-state index is -0.185. The van der Waals surface area contributed by atoms with Crippen LogP contribution in [0, 0.1) is 6.92 Å². The summed E-state index contributed by atoms with van der Waals surface area (Å²) in [5, 5.41) is 5.86. The third-order valence-electron chi connectivity index (χ3n) is 3.52. The zero-order valence-electron chi connectivity index (χ0n) is 14.5. The first-order valence-corrected chi connectivity index (χ1v) is 8.10. The minimum absolute atomic E-state index is 0. The van der Waals surface area contributed by atoms with E-state index in [-0.39, 0.29) is 8.76 Å². The van der Waals surface area contributed by atoms with Crippen molar-refractivity contribution in [1.82, 2.24) is 5.32 Å². The number of carbonyl (C=O) groups is 1. The van der Waals surface area contributed by atoms with E-state index >= 15 is 0 Å². The number of carbonyl (C=O) groups excluding carboxylic acids is 1. The number of hydrogen-bond donors (Lipinski definition) is 4. The fourth-order valence-corrected chi connectivity index (χ4v) is 2.11. The molecule has 136 valence electrons. The molecule has 6 N–H and O–H groups in total. The molecule has 0 aliphatic carbocycles. The Morgan fingerprint density at radius 3 is 2.72 bits per heavy atom. The Balaban J connectivity index is 0.00000338. The van der Waals surface area contributed by atoms with Crippen LogP contribution in [0.2, 0.25) is 0 Å². The molecule has 6 nitrogen and oxygen atoms in total. The van der Waals surface area contributed by atoms with Gasteiger partial charge >= 0.3 is 0 Å². The normalized spacial score (nSPS) is 12.1. The number of rotatable bonds is 7. The fourth-order valence-electron chi connectivity index (χ4n) is 2.11. The lowest BCUT2D eigenvalue weighted by Gasteiger charge is -2.08. The molecule has 1 aromatic carbocycles. The molecule has 0 aliphatic rings. The maximum Gasteiger partial charge on any atom is 0.251 e. The van der Waals surface area contributed by atoms with Crippen molar-refractivity contribution in [2.75, 3.05) is 5.32 Å². The summed E-state index contributed by atoms with van der Waals surface area (Å²) >= 11 is 0. The van der Waals surface area contributed by atoms with E-state index in [0.29, 0.717) is 23.7 Å². The van der Waals surface area contributed by atoms with Crippen LogP contribution in [-0.4, -0.2) is 5.91 Å². The van der Waals surface area contributed by atoms with Gasteiger partial charge in [0.05, 0.1) is 6.54 Å². The van der Waals surface area contributed by atoms with Crippen LogP contribution >= 0.6 is 0 Å². The molecule has 0 saturated carbocycles. The molecular formula is C19H28N4O2. The van der Waals surface area contributed by atoms with Crippen molar-refractivity contribution >= 4 is 11.6 Å². The summed E-state index contributed by atoms with van der Waals surface area (Å²) in [6.07, 6.45) is 4.21. The Kier molecular flexibility index (Phi) is 6.28. The molecule has 0 saturated heterocycles. The van der Waals surface area contributed by atoms with Crippen molar-refractivity contribution in [3.05, 3.63) is 77.2 Å². The van der Waals surface area contributed by atoms with Crippen LogP contribution in [0.1, 0.15) is 38.1 Å². The van der Waals surface area contributed by atoms with Gasteiger partial charge in [-0.25, -0.2) is 0 Å². The summed E-state index contributed by atoms with van der Waals surface area (Å²) in [5.41, 5.74) is 13.6. The van der Waals surface area contributed by atoms with Crippen molar-refractivity contribution in [2.45, 2.75) is 26.8 Å². The topological polar surface area (TPSA) is 106 Å². The van der Waals surface area contributed by atoms with E-state index in [1.807, 2.05) is 32.0 Å². The first-order valence-electron chi connectivity index (χ1n) is 8.10. The SMILES string of the molecule is CC/C(N)=C/C=C(\N)Nc1cccc(C(=O)NCc2ccc(C)o2)c1.[HH].[HH]. The first-order chi connectivity index (χ1) is 12.0. The quantitative estimate of drug-likeness (QED) is 0.575. The number of amides is 1. The maximum atomic E-state index is 12.3. The number of anilines is 1. The van der Waals surface area contributed by atoms with Crippen molar-refractivity contribution in [1.29, 1.82) is 0 Å². The summed E-state index contributed by atoms with van der Waals surface area (Å²) in [4.78, 5) is 12.3. The van der Waals surface area contributed by atoms with Crippen molar-refractivity contribution in [2.24, 2.45) is 11.5 Å². The van der Waals surface area contributed by atoms with Gasteiger partial charge < -0.3 is 26.5 Å². The summed E-state index contributed by atoms with van der Waals surface area (Å²) in [7, 11) is 0. The predicted molar refractivity (Wildman–Crippen MR) is 104 cm³/mol. The molecule has 0 radical (unpaired) electrons. The van der Waals surface area contributed by atoms with Crippen molar-refractivity contribution in [3.8, 4) is 0 Å². The summed E-state index contributed by atoms with van der Waals surface area (Å²) < 4.78 is 5.43. The average molecular weight is 344 g/mol. The van der Waals surface area contributed by atoms with Crippen LogP contribution < -0.4 is 22.1 Å². The Labute approximate surface area is 150 Å². The van der Waals surface area contributed by atoms with Gasteiger partial charge in [0, 0.05) is 19.8 Å². The number of nitrogens with two attached hydrogens (primary N) is 2. The zero-order chi connectivity index (χ0) is 18.2. The largest absolute Gasteiger partial charge is 0.465 e. The van der Waals surface area contributed by atoms with Gasteiger partial charge in [-0.2, -0.15) is 0 Å². The molecule has 1 aromatic heterocycles. The van der Waals surface area contributed by atoms with E-state index in [2.05, 4.69) is 10.6 Å². The van der Waals surface area contributed by atoms with Crippen LogP contribution in [-0.2, 0) is 6.54 Å². The molecule has 0 fully saturated rings. The number of benzene rings is 1. The molecule has 6 heteroatoms. The summed E-state index contributed by atoms with van der Waals surface area (Å²) in [5.74, 6) is 1.79. The Morgan fingerprint density at radius 1 is 1.24 bits per heavy atom. The second kappa shape index (κ2) is 8.63. The maximum absolute atomic E-state index is 12.3. The monoisotopic (exact) mass is 344 g/mol. The molecule has 1 heterocycles. The van der Waals surface area contributed by atoms with E-state index in [1.165, 1.54) is 0 Å². The van der Waals surface area contributed by atoms with Gasteiger partial charge in [0.25, 0.3) is 5.91 Å².